The molecule has 1 fully saturated rings. The number of benzene rings is 1. The molecule has 1 aromatic rings. The molecule has 96 valence electrons. The summed E-state index contributed by atoms with van der Waals surface area (Å²) < 4.78 is 33.4. The first kappa shape index (κ1) is 12.7. The third-order valence-corrected chi connectivity index (χ3v) is 3.61. The molecule has 1 aliphatic rings. The molecule has 0 aliphatic heterocycles. The quantitative estimate of drug-likeness (QED) is 0.831. The van der Waals surface area contributed by atoms with Crippen molar-refractivity contribution in [3.05, 3.63) is 23.8 Å². The van der Waals surface area contributed by atoms with Crippen LogP contribution in [0.25, 0.3) is 0 Å². The van der Waals surface area contributed by atoms with Crippen LogP contribution >= 0.6 is 0 Å². The molecule has 0 radical (unpaired) electrons. The van der Waals surface area contributed by atoms with Gasteiger partial charge < -0.3 is 4.74 Å². The van der Waals surface area contributed by atoms with Crippen molar-refractivity contribution in [1.29, 1.82) is 5.26 Å². The molecule has 0 heterocycles. The van der Waals surface area contributed by atoms with Crippen LogP contribution in [-0.4, -0.2) is 21.6 Å². The predicted molar refractivity (Wildman–Crippen MR) is 66.4 cm³/mol. The highest BCUT2D eigenvalue weighted by molar-refractivity contribution is 7.90. The molecule has 2 N–H and O–H groups in total. The van der Waals surface area contributed by atoms with Gasteiger partial charge in [-0.3, -0.25) is 4.72 Å². The first-order valence-corrected chi connectivity index (χ1v) is 6.90. The summed E-state index contributed by atoms with van der Waals surface area (Å²) in [6.45, 7) is 0. The number of hydrogen-bond donors (Lipinski definition) is 2. The van der Waals surface area contributed by atoms with Gasteiger partial charge in [0, 0.05) is 12.1 Å². The van der Waals surface area contributed by atoms with E-state index in [2.05, 4.69) is 9.44 Å². The Morgan fingerprint density at radius 1 is 1.44 bits per heavy atom. The van der Waals surface area contributed by atoms with Crippen LogP contribution < -0.4 is 14.2 Å². The number of nitriles is 1. The Kier molecular flexibility index (Phi) is 3.41. The van der Waals surface area contributed by atoms with Gasteiger partial charge in [0.05, 0.1) is 24.4 Å². The van der Waals surface area contributed by atoms with Gasteiger partial charge in [0.2, 0.25) is 0 Å². The van der Waals surface area contributed by atoms with Gasteiger partial charge in [-0.1, -0.05) is 0 Å². The molecule has 7 heteroatoms. The molecule has 0 spiro atoms. The van der Waals surface area contributed by atoms with Gasteiger partial charge in [-0.2, -0.15) is 18.4 Å². The normalized spacial score (nSPS) is 14.9. The predicted octanol–water partition coefficient (Wildman–Crippen LogP) is 0.976. The molecule has 0 amide bonds. The second-order valence-electron chi connectivity index (χ2n) is 4.02. The monoisotopic (exact) mass is 267 g/mol. The second kappa shape index (κ2) is 4.84. The first-order chi connectivity index (χ1) is 8.54. The van der Waals surface area contributed by atoms with Crippen molar-refractivity contribution < 1.29 is 13.2 Å². The average Bonchev–Trinajstić information content (AvgIpc) is 3.12. The lowest BCUT2D eigenvalue weighted by atomic mass is 10.2. The Morgan fingerprint density at radius 3 is 2.72 bits per heavy atom. The van der Waals surface area contributed by atoms with Crippen LogP contribution in [0, 0.1) is 11.3 Å². The minimum Gasteiger partial charge on any atom is -0.495 e. The van der Waals surface area contributed by atoms with Crippen molar-refractivity contribution in [3.63, 3.8) is 0 Å². The van der Waals surface area contributed by atoms with Crippen LogP contribution in [-0.2, 0) is 10.2 Å². The second-order valence-corrected chi connectivity index (χ2v) is 5.47. The third-order valence-electron chi connectivity index (χ3n) is 2.47. The maximum Gasteiger partial charge on any atom is 0.299 e. The van der Waals surface area contributed by atoms with Crippen LogP contribution in [0.4, 0.5) is 5.69 Å². The largest absolute Gasteiger partial charge is 0.495 e. The molecule has 0 aromatic heterocycles. The summed E-state index contributed by atoms with van der Waals surface area (Å²) in [5.74, 6) is 0.315. The summed E-state index contributed by atoms with van der Waals surface area (Å²) in [5, 5.41) is 8.75. The summed E-state index contributed by atoms with van der Waals surface area (Å²) in [7, 11) is -2.17. The maximum atomic E-state index is 11.7. The topological polar surface area (TPSA) is 91.2 Å². The van der Waals surface area contributed by atoms with Gasteiger partial charge in [-0.15, -0.1) is 0 Å². The highest BCUT2D eigenvalue weighted by Gasteiger charge is 2.27. The zero-order chi connectivity index (χ0) is 13.2. The third kappa shape index (κ3) is 3.12. The molecule has 1 saturated carbocycles. The van der Waals surface area contributed by atoms with Crippen LogP contribution in [0.5, 0.6) is 5.75 Å². The smallest absolute Gasteiger partial charge is 0.299 e. The fourth-order valence-electron chi connectivity index (χ4n) is 1.44. The highest BCUT2D eigenvalue weighted by atomic mass is 32.2. The number of anilines is 1. The van der Waals surface area contributed by atoms with Crippen molar-refractivity contribution in [1.82, 2.24) is 4.72 Å². The van der Waals surface area contributed by atoms with Gasteiger partial charge in [-0.05, 0) is 25.0 Å². The average molecular weight is 267 g/mol. The van der Waals surface area contributed by atoms with E-state index >= 15 is 0 Å². The lowest BCUT2D eigenvalue weighted by Gasteiger charge is -2.12. The van der Waals surface area contributed by atoms with E-state index in [0.717, 1.165) is 12.8 Å². The van der Waals surface area contributed by atoms with Gasteiger partial charge >= 0.3 is 0 Å². The summed E-state index contributed by atoms with van der Waals surface area (Å²) in [6.07, 6.45) is 1.73. The Hall–Kier alpha value is -1.78. The number of rotatable bonds is 5. The summed E-state index contributed by atoms with van der Waals surface area (Å²) in [4.78, 5) is 0. The summed E-state index contributed by atoms with van der Waals surface area (Å²) >= 11 is 0. The number of ether oxygens (including phenoxy) is 1. The fourth-order valence-corrected chi connectivity index (χ4v) is 2.63. The van der Waals surface area contributed by atoms with Gasteiger partial charge in [0.25, 0.3) is 10.2 Å². The standard InChI is InChI=1S/C11H13N3O3S/c1-17-11-6-8(7-12)2-5-10(11)14-18(15,16)13-9-3-4-9/h2,5-6,9,13-14H,3-4H2,1H3. The molecule has 1 aromatic carbocycles. The van der Waals surface area contributed by atoms with E-state index in [0.29, 0.717) is 17.0 Å². The summed E-state index contributed by atoms with van der Waals surface area (Å²) in [6, 6.07) is 6.51. The Morgan fingerprint density at radius 2 is 2.17 bits per heavy atom. The van der Waals surface area contributed by atoms with Gasteiger partial charge in [0.1, 0.15) is 5.75 Å². The van der Waals surface area contributed by atoms with E-state index in [1.54, 1.807) is 0 Å². The van der Waals surface area contributed by atoms with Crippen LogP contribution in [0.15, 0.2) is 18.2 Å². The SMILES string of the molecule is COc1cc(C#N)ccc1NS(=O)(=O)NC1CC1. The molecule has 0 bridgehead atoms. The maximum absolute atomic E-state index is 11.7. The van der Waals surface area contributed by atoms with Crippen molar-refractivity contribution in [2.24, 2.45) is 0 Å². The lowest BCUT2D eigenvalue weighted by molar-refractivity contribution is 0.416. The van der Waals surface area contributed by atoms with Crippen LogP contribution in [0.2, 0.25) is 0 Å². The molecule has 1 aliphatic carbocycles. The Bertz CT molecular complexity index is 588. The summed E-state index contributed by atoms with van der Waals surface area (Å²) in [5.41, 5.74) is 0.717. The Labute approximate surface area is 106 Å². The van der Waals surface area contributed by atoms with Gasteiger partial charge in [-0.25, -0.2) is 0 Å². The molecule has 0 saturated heterocycles. The van der Waals surface area contributed by atoms with Gasteiger partial charge in [0.15, 0.2) is 0 Å². The number of hydrogen-bond acceptors (Lipinski definition) is 4. The molecule has 0 atom stereocenters. The minimum absolute atomic E-state index is 0.0341. The minimum atomic E-state index is -3.59. The van der Waals surface area contributed by atoms with Crippen LogP contribution in [0.1, 0.15) is 18.4 Å². The van der Waals surface area contributed by atoms with E-state index in [-0.39, 0.29) is 6.04 Å². The van der Waals surface area contributed by atoms with E-state index in [1.807, 2.05) is 6.07 Å². The van der Waals surface area contributed by atoms with Crippen molar-refractivity contribution >= 4 is 15.9 Å². The van der Waals surface area contributed by atoms with Crippen LogP contribution in [0.3, 0.4) is 0 Å². The van der Waals surface area contributed by atoms with E-state index in [4.69, 9.17) is 10.00 Å². The molecule has 18 heavy (non-hydrogen) atoms. The molecule has 6 nitrogen and oxygen atoms in total. The fraction of sp³-hybridized carbons (Fsp3) is 0.364. The van der Waals surface area contributed by atoms with E-state index in [1.165, 1.54) is 25.3 Å². The van der Waals surface area contributed by atoms with E-state index < -0.39 is 10.2 Å². The Balaban J connectivity index is 2.20. The first-order valence-electron chi connectivity index (χ1n) is 5.42. The zero-order valence-corrected chi connectivity index (χ0v) is 10.6. The number of nitrogens with zero attached hydrogens (tertiary/aromatic N) is 1. The molecule has 0 unspecified atom stereocenters. The molecule has 2 rings (SSSR count). The van der Waals surface area contributed by atoms with Crippen molar-refractivity contribution in [2.45, 2.75) is 18.9 Å². The van der Waals surface area contributed by atoms with E-state index in [9.17, 15) is 8.42 Å². The number of nitrogens with one attached hydrogen (secondary N) is 2. The zero-order valence-electron chi connectivity index (χ0n) is 9.80. The number of methoxy groups -OCH3 is 1. The van der Waals surface area contributed by atoms with Crippen molar-refractivity contribution in [3.8, 4) is 11.8 Å². The van der Waals surface area contributed by atoms with Crippen molar-refractivity contribution in [2.75, 3.05) is 11.8 Å². The highest BCUT2D eigenvalue weighted by Crippen LogP contribution is 2.27. The lowest BCUT2D eigenvalue weighted by Crippen LogP contribution is -2.31. The molecular formula is C11H13N3O3S. The molecular weight excluding hydrogens is 254 g/mol.